The van der Waals surface area contributed by atoms with Crippen molar-refractivity contribution in [3.05, 3.63) is 35.5 Å². The normalized spacial score (nSPS) is 20.2. The maximum Gasteiger partial charge on any atom is 0.0526 e. The molecule has 1 aliphatic heterocycles. The number of fused-ring (bicyclic) bond motifs is 3. The lowest BCUT2D eigenvalue weighted by atomic mass is 10.0. The third-order valence-electron chi connectivity index (χ3n) is 3.81. The molecule has 2 aromatic rings. The van der Waals surface area contributed by atoms with Crippen LogP contribution >= 0.6 is 0 Å². The molecule has 2 N–H and O–H groups in total. The van der Waals surface area contributed by atoms with Gasteiger partial charge in [0.2, 0.25) is 0 Å². The number of benzene rings is 1. The third kappa shape index (κ3) is 1.58. The van der Waals surface area contributed by atoms with Crippen molar-refractivity contribution in [2.45, 2.75) is 12.3 Å². The lowest BCUT2D eigenvalue weighted by Crippen LogP contribution is -2.23. The third-order valence-corrected chi connectivity index (χ3v) is 3.81. The average molecular weight is 230 g/mol. The van der Waals surface area contributed by atoms with Crippen LogP contribution in [0.1, 0.15) is 17.2 Å². The molecule has 0 spiro atoms. The van der Waals surface area contributed by atoms with Crippen LogP contribution in [0.15, 0.2) is 24.3 Å². The number of aromatic nitrogens is 1. The Labute approximate surface area is 101 Å². The summed E-state index contributed by atoms with van der Waals surface area (Å²) < 4.78 is 2.25. The molecular weight excluding hydrogens is 212 g/mol. The number of aryl methyl sites for hydroxylation is 1. The van der Waals surface area contributed by atoms with Crippen molar-refractivity contribution in [1.29, 1.82) is 0 Å². The second kappa shape index (κ2) is 4.17. The Kier molecular flexibility index (Phi) is 2.65. The maximum absolute atomic E-state index is 9.56. The quantitative estimate of drug-likeness (QED) is 0.777. The van der Waals surface area contributed by atoms with Gasteiger partial charge < -0.3 is 15.0 Å². The molecule has 3 rings (SSSR count). The topological polar surface area (TPSA) is 37.2 Å². The summed E-state index contributed by atoms with van der Waals surface area (Å²) in [4.78, 5) is 0. The van der Waals surface area contributed by atoms with E-state index in [1.54, 1.807) is 0 Å². The smallest absolute Gasteiger partial charge is 0.0526 e. The van der Waals surface area contributed by atoms with Crippen molar-refractivity contribution in [1.82, 2.24) is 9.88 Å². The summed E-state index contributed by atoms with van der Waals surface area (Å²) >= 11 is 0. The molecule has 1 atom stereocenters. The highest BCUT2D eigenvalue weighted by atomic mass is 16.3. The van der Waals surface area contributed by atoms with Crippen LogP contribution in [0.2, 0.25) is 0 Å². The number of hydrogen-bond acceptors (Lipinski definition) is 2. The van der Waals surface area contributed by atoms with Gasteiger partial charge in [-0.3, -0.25) is 0 Å². The number of nitrogens with one attached hydrogen (secondary N) is 1. The summed E-state index contributed by atoms with van der Waals surface area (Å²) in [5.41, 5.74) is 3.99. The van der Waals surface area contributed by atoms with Crippen LogP contribution in [0.5, 0.6) is 0 Å². The van der Waals surface area contributed by atoms with E-state index in [1.807, 2.05) is 0 Å². The van der Waals surface area contributed by atoms with Crippen LogP contribution in [0.4, 0.5) is 0 Å². The Balaban J connectivity index is 2.29. The molecule has 3 nitrogen and oxygen atoms in total. The Morgan fingerprint density at radius 1 is 1.41 bits per heavy atom. The number of aliphatic hydroxyl groups excluding tert-OH is 1. The van der Waals surface area contributed by atoms with Crippen molar-refractivity contribution in [2.75, 3.05) is 19.7 Å². The number of hydrogen-bond donors (Lipinski definition) is 2. The first-order chi connectivity index (χ1) is 8.33. The molecule has 0 saturated carbocycles. The first-order valence-corrected chi connectivity index (χ1v) is 6.20. The Bertz CT molecular complexity index is 544. The Morgan fingerprint density at radius 3 is 3.06 bits per heavy atom. The minimum atomic E-state index is 0.212. The number of aliphatic hydroxyl groups is 1. The summed E-state index contributed by atoms with van der Waals surface area (Å²) in [6.45, 7) is 2.08. The summed E-state index contributed by atoms with van der Waals surface area (Å²) in [7, 11) is 2.11. The van der Waals surface area contributed by atoms with Crippen molar-refractivity contribution in [3.8, 4) is 0 Å². The van der Waals surface area contributed by atoms with Crippen molar-refractivity contribution in [2.24, 2.45) is 7.05 Å². The van der Waals surface area contributed by atoms with Crippen LogP contribution in [0.25, 0.3) is 10.9 Å². The van der Waals surface area contributed by atoms with E-state index in [0.29, 0.717) is 0 Å². The molecule has 0 fully saturated rings. The van der Waals surface area contributed by atoms with Gasteiger partial charge in [0.1, 0.15) is 0 Å². The second-order valence-corrected chi connectivity index (χ2v) is 4.77. The van der Waals surface area contributed by atoms with Gasteiger partial charge in [-0.1, -0.05) is 18.2 Å². The van der Waals surface area contributed by atoms with Gasteiger partial charge in [-0.2, -0.15) is 0 Å². The standard InChI is InChI=1S/C14H18N2O/c1-16-13-5-3-2-4-11(13)12-6-7-15-8-10(9-17)14(12)16/h2-5,10,15,17H,6-9H2,1H3. The van der Waals surface area contributed by atoms with Crippen molar-refractivity contribution in [3.63, 3.8) is 0 Å². The minimum absolute atomic E-state index is 0.212. The monoisotopic (exact) mass is 230 g/mol. The highest BCUT2D eigenvalue weighted by Gasteiger charge is 2.23. The fraction of sp³-hybridized carbons (Fsp3) is 0.429. The zero-order chi connectivity index (χ0) is 11.8. The van der Waals surface area contributed by atoms with E-state index < -0.39 is 0 Å². The highest BCUT2D eigenvalue weighted by molar-refractivity contribution is 5.86. The van der Waals surface area contributed by atoms with Gasteiger partial charge in [0, 0.05) is 36.1 Å². The predicted octanol–water partition coefficient (Wildman–Crippen LogP) is 1.40. The molecule has 1 aliphatic rings. The van der Waals surface area contributed by atoms with E-state index in [0.717, 1.165) is 19.5 Å². The molecule has 2 heterocycles. The molecular formula is C14H18N2O. The van der Waals surface area contributed by atoms with Crippen LogP contribution in [-0.4, -0.2) is 29.4 Å². The molecule has 90 valence electrons. The first kappa shape index (κ1) is 10.8. The Hall–Kier alpha value is -1.32. The summed E-state index contributed by atoms with van der Waals surface area (Å²) in [6, 6.07) is 8.52. The lowest BCUT2D eigenvalue weighted by molar-refractivity contribution is 0.259. The fourth-order valence-corrected chi connectivity index (χ4v) is 3.01. The van der Waals surface area contributed by atoms with Gasteiger partial charge in [-0.25, -0.2) is 0 Å². The van der Waals surface area contributed by atoms with E-state index in [4.69, 9.17) is 0 Å². The minimum Gasteiger partial charge on any atom is -0.396 e. The van der Waals surface area contributed by atoms with Gasteiger partial charge in [-0.15, -0.1) is 0 Å². The largest absolute Gasteiger partial charge is 0.396 e. The van der Waals surface area contributed by atoms with Gasteiger partial charge in [0.15, 0.2) is 0 Å². The number of para-hydroxylation sites is 1. The molecule has 17 heavy (non-hydrogen) atoms. The van der Waals surface area contributed by atoms with Gasteiger partial charge in [-0.05, 0) is 24.6 Å². The van der Waals surface area contributed by atoms with Gasteiger partial charge >= 0.3 is 0 Å². The highest BCUT2D eigenvalue weighted by Crippen LogP contribution is 2.31. The maximum atomic E-state index is 9.56. The zero-order valence-corrected chi connectivity index (χ0v) is 10.1. The molecule has 0 amide bonds. The van der Waals surface area contributed by atoms with E-state index in [-0.39, 0.29) is 12.5 Å². The molecule has 1 unspecified atom stereocenters. The van der Waals surface area contributed by atoms with E-state index in [1.165, 1.54) is 22.2 Å². The van der Waals surface area contributed by atoms with Gasteiger partial charge in [0.05, 0.1) is 6.61 Å². The fourth-order valence-electron chi connectivity index (χ4n) is 3.01. The molecule has 1 aromatic heterocycles. The molecule has 0 radical (unpaired) electrons. The van der Waals surface area contributed by atoms with Crippen molar-refractivity contribution < 1.29 is 5.11 Å². The summed E-state index contributed by atoms with van der Waals surface area (Å²) in [5, 5.41) is 14.3. The summed E-state index contributed by atoms with van der Waals surface area (Å²) in [6.07, 6.45) is 1.05. The molecule has 0 saturated heterocycles. The molecule has 0 bridgehead atoms. The molecule has 1 aromatic carbocycles. The van der Waals surface area contributed by atoms with Crippen molar-refractivity contribution >= 4 is 10.9 Å². The Morgan fingerprint density at radius 2 is 2.24 bits per heavy atom. The number of rotatable bonds is 1. The molecule has 3 heteroatoms. The van der Waals surface area contributed by atoms with E-state index in [9.17, 15) is 5.11 Å². The summed E-state index contributed by atoms with van der Waals surface area (Å²) in [5.74, 6) is 0.213. The zero-order valence-electron chi connectivity index (χ0n) is 10.1. The van der Waals surface area contributed by atoms with Gasteiger partial charge in [0.25, 0.3) is 0 Å². The average Bonchev–Trinajstić information content (AvgIpc) is 2.55. The van der Waals surface area contributed by atoms with Crippen LogP contribution < -0.4 is 5.32 Å². The van der Waals surface area contributed by atoms with Crippen LogP contribution in [-0.2, 0) is 13.5 Å². The van der Waals surface area contributed by atoms with Crippen LogP contribution in [0.3, 0.4) is 0 Å². The molecule has 0 aliphatic carbocycles. The van der Waals surface area contributed by atoms with E-state index >= 15 is 0 Å². The predicted molar refractivity (Wildman–Crippen MR) is 69.3 cm³/mol. The number of nitrogens with zero attached hydrogens (tertiary/aromatic N) is 1. The van der Waals surface area contributed by atoms with E-state index in [2.05, 4.69) is 41.2 Å². The SMILES string of the molecule is Cn1c2c(c3ccccc31)CCNCC2CO. The first-order valence-electron chi connectivity index (χ1n) is 6.20. The second-order valence-electron chi connectivity index (χ2n) is 4.77. The van der Waals surface area contributed by atoms with Crippen LogP contribution in [0, 0.1) is 0 Å². The lowest BCUT2D eigenvalue weighted by Gasteiger charge is -2.15.